The standard InChI is InChI=1S/C25H33N5O2/c1-19-8-10-20(11-9-19)30-22-7-5-6-21(22)24(26-30)25(32)29-16-14-27(15-17-29)18-23(31)28-12-3-2-4-13-28/h8-11H,2-7,12-18H2,1H3. The highest BCUT2D eigenvalue weighted by atomic mass is 16.2. The summed E-state index contributed by atoms with van der Waals surface area (Å²) in [6.45, 7) is 7.12. The second kappa shape index (κ2) is 9.06. The van der Waals surface area contributed by atoms with E-state index in [4.69, 9.17) is 5.10 Å². The lowest BCUT2D eigenvalue weighted by Crippen LogP contribution is -2.52. The third kappa shape index (κ3) is 4.18. The van der Waals surface area contributed by atoms with Gasteiger partial charge in [0.2, 0.25) is 5.91 Å². The fourth-order valence-corrected chi connectivity index (χ4v) is 5.20. The third-order valence-corrected chi connectivity index (χ3v) is 7.14. The van der Waals surface area contributed by atoms with Crippen molar-refractivity contribution in [3.05, 3.63) is 46.8 Å². The number of carbonyl (C=O) groups excluding carboxylic acids is 2. The summed E-state index contributed by atoms with van der Waals surface area (Å²) in [5, 5.41) is 4.79. The fourth-order valence-electron chi connectivity index (χ4n) is 5.20. The molecule has 2 aliphatic heterocycles. The van der Waals surface area contributed by atoms with Gasteiger partial charge in [0, 0.05) is 50.5 Å². The Morgan fingerprint density at radius 2 is 1.56 bits per heavy atom. The van der Waals surface area contributed by atoms with E-state index in [-0.39, 0.29) is 11.8 Å². The van der Waals surface area contributed by atoms with Gasteiger partial charge in [0.1, 0.15) is 0 Å². The van der Waals surface area contributed by atoms with Crippen molar-refractivity contribution >= 4 is 11.8 Å². The van der Waals surface area contributed by atoms with Crippen molar-refractivity contribution in [2.75, 3.05) is 45.8 Å². The number of amides is 2. The van der Waals surface area contributed by atoms with Gasteiger partial charge in [-0.05, 0) is 57.6 Å². The summed E-state index contributed by atoms with van der Waals surface area (Å²) in [5.74, 6) is 0.273. The van der Waals surface area contributed by atoms with E-state index in [9.17, 15) is 9.59 Å². The molecule has 5 rings (SSSR count). The molecule has 2 aromatic rings. The molecule has 1 aliphatic carbocycles. The Labute approximate surface area is 190 Å². The number of aryl methyl sites for hydroxylation is 1. The molecule has 0 saturated carbocycles. The van der Waals surface area contributed by atoms with Gasteiger partial charge in [-0.25, -0.2) is 4.68 Å². The second-order valence-corrected chi connectivity index (χ2v) is 9.38. The normalized spacial score (nSPS) is 19.3. The van der Waals surface area contributed by atoms with Crippen molar-refractivity contribution in [1.82, 2.24) is 24.5 Å². The number of likely N-dealkylation sites (tertiary alicyclic amines) is 1. The minimum absolute atomic E-state index is 0.0380. The molecule has 170 valence electrons. The first-order valence-corrected chi connectivity index (χ1v) is 12.1. The van der Waals surface area contributed by atoms with Gasteiger partial charge in [0.05, 0.1) is 12.2 Å². The van der Waals surface area contributed by atoms with Gasteiger partial charge in [-0.15, -0.1) is 0 Å². The molecule has 0 N–H and O–H groups in total. The van der Waals surface area contributed by atoms with Crippen molar-refractivity contribution in [1.29, 1.82) is 0 Å². The second-order valence-electron chi connectivity index (χ2n) is 9.38. The molecule has 3 heterocycles. The number of piperazine rings is 1. The molecule has 1 aromatic heterocycles. The van der Waals surface area contributed by atoms with Crippen LogP contribution in [0.2, 0.25) is 0 Å². The first-order chi connectivity index (χ1) is 15.6. The van der Waals surface area contributed by atoms with Crippen LogP contribution in [-0.4, -0.2) is 82.1 Å². The first-order valence-electron chi connectivity index (χ1n) is 12.1. The van der Waals surface area contributed by atoms with Crippen LogP contribution in [0.4, 0.5) is 0 Å². The number of benzene rings is 1. The Hall–Kier alpha value is -2.67. The maximum absolute atomic E-state index is 13.4. The maximum Gasteiger partial charge on any atom is 0.274 e. The van der Waals surface area contributed by atoms with Crippen LogP contribution in [0.25, 0.3) is 5.69 Å². The molecule has 32 heavy (non-hydrogen) atoms. The van der Waals surface area contributed by atoms with Crippen LogP contribution in [0.3, 0.4) is 0 Å². The predicted octanol–water partition coefficient (Wildman–Crippen LogP) is 2.44. The van der Waals surface area contributed by atoms with Gasteiger partial charge in [-0.3, -0.25) is 14.5 Å². The summed E-state index contributed by atoms with van der Waals surface area (Å²) in [5.41, 5.74) is 5.16. The Bertz CT molecular complexity index is 983. The molecular formula is C25H33N5O2. The lowest BCUT2D eigenvalue weighted by Gasteiger charge is -2.35. The Morgan fingerprint density at radius 3 is 2.28 bits per heavy atom. The zero-order chi connectivity index (χ0) is 22.1. The lowest BCUT2D eigenvalue weighted by molar-refractivity contribution is -0.133. The molecule has 2 amide bonds. The molecule has 7 heteroatoms. The van der Waals surface area contributed by atoms with Crippen LogP contribution in [0.5, 0.6) is 0 Å². The SMILES string of the molecule is Cc1ccc(-n2nc(C(=O)N3CCN(CC(=O)N4CCCCC4)CC3)c3c2CCC3)cc1. The average Bonchev–Trinajstić information content (AvgIpc) is 3.43. The van der Waals surface area contributed by atoms with Crippen LogP contribution in [0, 0.1) is 6.92 Å². The Balaban J connectivity index is 1.24. The van der Waals surface area contributed by atoms with Crippen molar-refractivity contribution in [2.45, 2.75) is 45.4 Å². The fraction of sp³-hybridized carbons (Fsp3) is 0.560. The van der Waals surface area contributed by atoms with Crippen molar-refractivity contribution in [3.8, 4) is 5.69 Å². The number of hydrogen-bond donors (Lipinski definition) is 0. The molecule has 2 saturated heterocycles. The van der Waals surface area contributed by atoms with Gasteiger partial charge in [-0.1, -0.05) is 17.7 Å². The third-order valence-electron chi connectivity index (χ3n) is 7.14. The monoisotopic (exact) mass is 435 g/mol. The maximum atomic E-state index is 13.4. The van der Waals surface area contributed by atoms with Crippen LogP contribution in [-0.2, 0) is 17.6 Å². The number of piperidine rings is 1. The predicted molar refractivity (Wildman–Crippen MR) is 123 cm³/mol. The number of carbonyl (C=O) groups is 2. The number of nitrogens with zero attached hydrogens (tertiary/aromatic N) is 5. The van der Waals surface area contributed by atoms with E-state index < -0.39 is 0 Å². The highest BCUT2D eigenvalue weighted by molar-refractivity contribution is 5.94. The zero-order valence-corrected chi connectivity index (χ0v) is 19.1. The Morgan fingerprint density at radius 1 is 0.844 bits per heavy atom. The number of hydrogen-bond acceptors (Lipinski definition) is 4. The molecule has 0 atom stereocenters. The van der Waals surface area contributed by atoms with E-state index in [1.807, 2.05) is 14.5 Å². The van der Waals surface area contributed by atoms with E-state index in [1.54, 1.807) is 0 Å². The summed E-state index contributed by atoms with van der Waals surface area (Å²) in [7, 11) is 0. The molecule has 2 fully saturated rings. The smallest absolute Gasteiger partial charge is 0.274 e. The van der Waals surface area contributed by atoms with Gasteiger partial charge in [-0.2, -0.15) is 5.10 Å². The molecule has 0 unspecified atom stereocenters. The molecule has 0 spiro atoms. The van der Waals surface area contributed by atoms with Crippen LogP contribution < -0.4 is 0 Å². The van der Waals surface area contributed by atoms with Crippen LogP contribution in [0.15, 0.2) is 24.3 Å². The van der Waals surface area contributed by atoms with E-state index in [0.29, 0.717) is 25.3 Å². The van der Waals surface area contributed by atoms with Gasteiger partial charge in [0.15, 0.2) is 5.69 Å². The average molecular weight is 436 g/mol. The van der Waals surface area contributed by atoms with E-state index in [0.717, 1.165) is 69.5 Å². The topological polar surface area (TPSA) is 61.7 Å². The molecular weight excluding hydrogens is 402 g/mol. The largest absolute Gasteiger partial charge is 0.342 e. The first kappa shape index (κ1) is 21.2. The van der Waals surface area contributed by atoms with Crippen LogP contribution in [0.1, 0.15) is 53.0 Å². The number of rotatable bonds is 4. The van der Waals surface area contributed by atoms with Crippen molar-refractivity contribution in [2.24, 2.45) is 0 Å². The van der Waals surface area contributed by atoms with Gasteiger partial charge in [0.25, 0.3) is 5.91 Å². The van der Waals surface area contributed by atoms with Gasteiger partial charge >= 0.3 is 0 Å². The van der Waals surface area contributed by atoms with Crippen molar-refractivity contribution < 1.29 is 9.59 Å². The van der Waals surface area contributed by atoms with E-state index >= 15 is 0 Å². The van der Waals surface area contributed by atoms with Crippen LogP contribution >= 0.6 is 0 Å². The summed E-state index contributed by atoms with van der Waals surface area (Å²) >= 11 is 0. The molecule has 0 radical (unpaired) electrons. The van der Waals surface area contributed by atoms with E-state index in [1.165, 1.54) is 17.7 Å². The zero-order valence-electron chi connectivity index (χ0n) is 19.1. The highest BCUT2D eigenvalue weighted by Crippen LogP contribution is 2.29. The summed E-state index contributed by atoms with van der Waals surface area (Å²) < 4.78 is 1.97. The summed E-state index contributed by atoms with van der Waals surface area (Å²) in [4.78, 5) is 32.1. The number of fused-ring (bicyclic) bond motifs is 1. The summed E-state index contributed by atoms with van der Waals surface area (Å²) in [6.07, 6.45) is 6.43. The highest BCUT2D eigenvalue weighted by Gasteiger charge is 2.31. The Kier molecular flexibility index (Phi) is 6.00. The molecule has 3 aliphatic rings. The minimum Gasteiger partial charge on any atom is -0.342 e. The van der Waals surface area contributed by atoms with E-state index in [2.05, 4.69) is 36.1 Å². The quantitative estimate of drug-likeness (QED) is 0.740. The lowest BCUT2D eigenvalue weighted by atomic mass is 10.1. The molecule has 1 aromatic carbocycles. The minimum atomic E-state index is 0.0380. The van der Waals surface area contributed by atoms with Gasteiger partial charge < -0.3 is 9.80 Å². The molecule has 7 nitrogen and oxygen atoms in total. The van der Waals surface area contributed by atoms with Crippen molar-refractivity contribution in [3.63, 3.8) is 0 Å². The number of aromatic nitrogens is 2. The molecule has 0 bridgehead atoms. The summed E-state index contributed by atoms with van der Waals surface area (Å²) in [6, 6.07) is 8.33.